The zero-order chi connectivity index (χ0) is 17.3. The van der Waals surface area contributed by atoms with Gasteiger partial charge in [0.15, 0.2) is 5.13 Å². The highest BCUT2D eigenvalue weighted by Crippen LogP contribution is 2.26. The Balaban J connectivity index is 1.92. The molecule has 0 spiro atoms. The van der Waals surface area contributed by atoms with Crippen LogP contribution in [0.4, 0.5) is 10.8 Å². The minimum Gasteiger partial charge on any atom is -0.300 e. The van der Waals surface area contributed by atoms with Crippen molar-refractivity contribution in [3.63, 3.8) is 0 Å². The Labute approximate surface area is 141 Å². The van der Waals surface area contributed by atoms with Gasteiger partial charge in [0, 0.05) is 28.9 Å². The first kappa shape index (κ1) is 15.8. The minimum atomic E-state index is -0.524. The Hall–Kier alpha value is -3.07. The number of rotatable bonds is 4. The lowest BCUT2D eigenvalue weighted by molar-refractivity contribution is -0.384. The molecule has 0 fully saturated rings. The van der Waals surface area contributed by atoms with E-state index in [-0.39, 0.29) is 11.3 Å². The second-order valence-electron chi connectivity index (χ2n) is 5.05. The van der Waals surface area contributed by atoms with Gasteiger partial charge >= 0.3 is 0 Å². The first-order valence-electron chi connectivity index (χ1n) is 6.98. The van der Waals surface area contributed by atoms with Crippen molar-refractivity contribution < 1.29 is 9.72 Å². The van der Waals surface area contributed by atoms with Gasteiger partial charge in [-0.05, 0) is 26.0 Å². The number of thiazole rings is 1. The molecule has 0 saturated heterocycles. The molecule has 9 heteroatoms. The van der Waals surface area contributed by atoms with Crippen LogP contribution in [0.2, 0.25) is 0 Å². The van der Waals surface area contributed by atoms with E-state index in [4.69, 9.17) is 0 Å². The Morgan fingerprint density at radius 3 is 2.75 bits per heavy atom. The second-order valence-corrected chi connectivity index (χ2v) is 6.25. The maximum Gasteiger partial charge on any atom is 0.294 e. The van der Waals surface area contributed by atoms with Crippen molar-refractivity contribution in [1.82, 2.24) is 14.5 Å². The maximum absolute atomic E-state index is 12.3. The highest BCUT2D eigenvalue weighted by molar-refractivity contribution is 7.15. The number of nitrogens with zero attached hydrogens (tertiary/aromatic N) is 4. The van der Waals surface area contributed by atoms with Crippen molar-refractivity contribution in [3.05, 3.63) is 63.2 Å². The van der Waals surface area contributed by atoms with E-state index in [2.05, 4.69) is 15.3 Å². The van der Waals surface area contributed by atoms with E-state index in [1.165, 1.54) is 46.6 Å². The number of aryl methyl sites for hydroxylation is 2. The summed E-state index contributed by atoms with van der Waals surface area (Å²) in [6, 6.07) is 4.30. The van der Waals surface area contributed by atoms with Crippen LogP contribution >= 0.6 is 11.3 Å². The van der Waals surface area contributed by atoms with Crippen LogP contribution in [0.1, 0.15) is 20.9 Å². The van der Waals surface area contributed by atoms with Crippen molar-refractivity contribution in [1.29, 1.82) is 0 Å². The van der Waals surface area contributed by atoms with Gasteiger partial charge in [-0.1, -0.05) is 0 Å². The standard InChI is InChI=1S/C15H13N5O3S/c1-9-10(2)24-15(17-9)18-14(21)11-3-4-12(13(7-11)20(22)23)19-6-5-16-8-19/h3-8H,1-2H3,(H,17,18,21). The Morgan fingerprint density at radius 2 is 2.17 bits per heavy atom. The van der Waals surface area contributed by atoms with Gasteiger partial charge < -0.3 is 4.57 Å². The van der Waals surface area contributed by atoms with Crippen LogP contribution in [-0.4, -0.2) is 25.4 Å². The monoisotopic (exact) mass is 343 g/mol. The van der Waals surface area contributed by atoms with Gasteiger partial charge in [-0.2, -0.15) is 0 Å². The molecule has 0 saturated carbocycles. The third-order valence-electron chi connectivity index (χ3n) is 3.47. The van der Waals surface area contributed by atoms with Gasteiger partial charge in [-0.15, -0.1) is 11.3 Å². The molecule has 8 nitrogen and oxygen atoms in total. The zero-order valence-corrected chi connectivity index (χ0v) is 13.7. The van der Waals surface area contributed by atoms with Gasteiger partial charge in [0.2, 0.25) is 0 Å². The van der Waals surface area contributed by atoms with Crippen LogP contribution in [0.5, 0.6) is 0 Å². The minimum absolute atomic E-state index is 0.174. The molecule has 0 aliphatic rings. The molecule has 1 N–H and O–H groups in total. The molecule has 0 atom stereocenters. The lowest BCUT2D eigenvalue weighted by Gasteiger charge is -2.06. The summed E-state index contributed by atoms with van der Waals surface area (Å²) in [6.45, 7) is 3.76. The SMILES string of the molecule is Cc1nc(NC(=O)c2ccc(-n3ccnc3)c([N+](=O)[O-])c2)sc1C. The van der Waals surface area contributed by atoms with Crippen LogP contribution in [0.25, 0.3) is 5.69 Å². The summed E-state index contributed by atoms with van der Waals surface area (Å²) in [5, 5.41) is 14.5. The Kier molecular flexibility index (Phi) is 4.09. The summed E-state index contributed by atoms with van der Waals surface area (Å²) in [6.07, 6.45) is 4.59. The number of anilines is 1. The molecule has 3 aromatic rings. The molecule has 1 amide bonds. The highest BCUT2D eigenvalue weighted by Gasteiger charge is 2.19. The number of hydrogen-bond acceptors (Lipinski definition) is 6. The zero-order valence-electron chi connectivity index (χ0n) is 12.9. The molecule has 122 valence electrons. The first-order chi connectivity index (χ1) is 11.5. The average Bonchev–Trinajstić information content (AvgIpc) is 3.17. The summed E-state index contributed by atoms with van der Waals surface area (Å²) in [5.41, 5.74) is 1.20. The number of nitro benzene ring substituents is 1. The molecule has 1 aromatic carbocycles. The summed E-state index contributed by atoms with van der Waals surface area (Å²) in [7, 11) is 0. The number of hydrogen-bond donors (Lipinski definition) is 1. The van der Waals surface area contributed by atoms with Crippen LogP contribution in [0.3, 0.4) is 0 Å². The van der Waals surface area contributed by atoms with E-state index in [1.54, 1.807) is 6.20 Å². The number of amides is 1. The van der Waals surface area contributed by atoms with Crippen LogP contribution in [-0.2, 0) is 0 Å². The van der Waals surface area contributed by atoms with Crippen LogP contribution in [0, 0.1) is 24.0 Å². The average molecular weight is 343 g/mol. The lowest BCUT2D eigenvalue weighted by Crippen LogP contribution is -2.12. The number of carbonyl (C=O) groups is 1. The molecular weight excluding hydrogens is 330 g/mol. The van der Waals surface area contributed by atoms with Crippen molar-refractivity contribution in [2.45, 2.75) is 13.8 Å². The predicted molar refractivity (Wildman–Crippen MR) is 89.8 cm³/mol. The predicted octanol–water partition coefficient (Wildman–Crippen LogP) is 3.11. The number of nitro groups is 1. The van der Waals surface area contributed by atoms with E-state index in [0.29, 0.717) is 10.8 Å². The van der Waals surface area contributed by atoms with Crippen molar-refractivity contribution in [2.75, 3.05) is 5.32 Å². The number of aromatic nitrogens is 3. The van der Waals surface area contributed by atoms with E-state index >= 15 is 0 Å². The van der Waals surface area contributed by atoms with Gasteiger partial charge in [-0.3, -0.25) is 20.2 Å². The summed E-state index contributed by atoms with van der Waals surface area (Å²) >= 11 is 1.36. The number of imidazole rings is 1. The summed E-state index contributed by atoms with van der Waals surface area (Å²) in [5.74, 6) is -0.441. The fraction of sp³-hybridized carbons (Fsp3) is 0.133. The quantitative estimate of drug-likeness (QED) is 0.579. The largest absolute Gasteiger partial charge is 0.300 e. The number of benzene rings is 1. The molecule has 3 rings (SSSR count). The Morgan fingerprint density at radius 1 is 1.38 bits per heavy atom. The number of nitrogens with one attached hydrogen (secondary N) is 1. The van der Waals surface area contributed by atoms with Crippen molar-refractivity contribution in [3.8, 4) is 5.69 Å². The van der Waals surface area contributed by atoms with E-state index in [9.17, 15) is 14.9 Å². The Bertz CT molecular complexity index is 898. The van der Waals surface area contributed by atoms with Crippen molar-refractivity contribution >= 4 is 28.1 Å². The van der Waals surface area contributed by atoms with Gasteiger partial charge in [0.1, 0.15) is 5.69 Å². The van der Waals surface area contributed by atoms with E-state index in [0.717, 1.165) is 10.6 Å². The third kappa shape index (κ3) is 3.01. The second kappa shape index (κ2) is 6.20. The molecule has 0 aliphatic carbocycles. The first-order valence-corrected chi connectivity index (χ1v) is 7.79. The van der Waals surface area contributed by atoms with Crippen LogP contribution < -0.4 is 5.32 Å². The molecule has 0 aliphatic heterocycles. The summed E-state index contributed by atoms with van der Waals surface area (Å²) in [4.78, 5) is 32.2. The number of carbonyl (C=O) groups excluding carboxylic acids is 1. The topological polar surface area (TPSA) is 103 Å². The molecular formula is C15H13N5O3S. The van der Waals surface area contributed by atoms with Gasteiger partial charge in [0.05, 0.1) is 16.9 Å². The molecule has 0 bridgehead atoms. The molecule has 0 unspecified atom stereocenters. The molecule has 2 heterocycles. The lowest BCUT2D eigenvalue weighted by atomic mass is 10.1. The fourth-order valence-electron chi connectivity index (χ4n) is 2.13. The molecule has 2 aromatic heterocycles. The van der Waals surface area contributed by atoms with Gasteiger partial charge in [0.25, 0.3) is 11.6 Å². The molecule has 0 radical (unpaired) electrons. The summed E-state index contributed by atoms with van der Waals surface area (Å²) < 4.78 is 1.52. The van der Waals surface area contributed by atoms with E-state index in [1.807, 2.05) is 13.8 Å². The van der Waals surface area contributed by atoms with E-state index < -0.39 is 10.8 Å². The fourth-order valence-corrected chi connectivity index (χ4v) is 2.94. The molecule has 24 heavy (non-hydrogen) atoms. The smallest absolute Gasteiger partial charge is 0.294 e. The van der Waals surface area contributed by atoms with Gasteiger partial charge in [-0.25, -0.2) is 9.97 Å². The maximum atomic E-state index is 12.3. The highest BCUT2D eigenvalue weighted by atomic mass is 32.1. The van der Waals surface area contributed by atoms with Crippen molar-refractivity contribution in [2.24, 2.45) is 0 Å². The third-order valence-corrected chi connectivity index (χ3v) is 4.45. The normalized spacial score (nSPS) is 10.6. The van der Waals surface area contributed by atoms with Crippen LogP contribution in [0.15, 0.2) is 36.9 Å².